The molecule has 1 aromatic carbocycles. The molecule has 4 heteroatoms. The van der Waals surface area contributed by atoms with Crippen LogP contribution in [-0.2, 0) is 9.59 Å². The SMILES string of the molecule is CC(C)NCC=C1C(=O)CN(c2ccccc2)C1=O. The topological polar surface area (TPSA) is 49.4 Å². The Bertz CT molecular complexity index is 506. The van der Waals surface area contributed by atoms with Gasteiger partial charge in [-0.05, 0) is 12.1 Å². The maximum Gasteiger partial charge on any atom is 0.262 e. The van der Waals surface area contributed by atoms with Gasteiger partial charge in [0, 0.05) is 18.3 Å². The van der Waals surface area contributed by atoms with E-state index in [9.17, 15) is 9.59 Å². The van der Waals surface area contributed by atoms with Crippen LogP contribution in [0.5, 0.6) is 0 Å². The number of nitrogens with one attached hydrogen (secondary N) is 1. The average molecular weight is 258 g/mol. The van der Waals surface area contributed by atoms with Crippen LogP contribution in [0.15, 0.2) is 42.0 Å². The highest BCUT2D eigenvalue weighted by Crippen LogP contribution is 2.22. The molecule has 1 heterocycles. The van der Waals surface area contributed by atoms with Gasteiger partial charge in [-0.3, -0.25) is 9.59 Å². The van der Waals surface area contributed by atoms with Gasteiger partial charge in [-0.15, -0.1) is 0 Å². The fraction of sp³-hybridized carbons (Fsp3) is 0.333. The van der Waals surface area contributed by atoms with Gasteiger partial charge in [-0.2, -0.15) is 0 Å². The van der Waals surface area contributed by atoms with E-state index in [0.29, 0.717) is 12.6 Å². The van der Waals surface area contributed by atoms with Crippen LogP contribution in [0.2, 0.25) is 0 Å². The molecule has 0 saturated carbocycles. The molecule has 100 valence electrons. The highest BCUT2D eigenvalue weighted by Gasteiger charge is 2.33. The maximum absolute atomic E-state index is 12.2. The first kappa shape index (κ1) is 13.5. The number of hydrogen-bond acceptors (Lipinski definition) is 3. The molecule has 0 unspecified atom stereocenters. The minimum Gasteiger partial charge on any atom is -0.311 e. The van der Waals surface area contributed by atoms with Crippen LogP contribution in [0.25, 0.3) is 0 Å². The monoisotopic (exact) mass is 258 g/mol. The van der Waals surface area contributed by atoms with E-state index in [-0.39, 0.29) is 23.8 Å². The van der Waals surface area contributed by atoms with Crippen LogP contribution in [0, 0.1) is 0 Å². The highest BCUT2D eigenvalue weighted by atomic mass is 16.2. The van der Waals surface area contributed by atoms with Crippen molar-refractivity contribution in [2.24, 2.45) is 0 Å². The van der Waals surface area contributed by atoms with Crippen LogP contribution >= 0.6 is 0 Å². The molecule has 1 amide bonds. The summed E-state index contributed by atoms with van der Waals surface area (Å²) in [5, 5.41) is 3.17. The maximum atomic E-state index is 12.2. The number of amides is 1. The molecule has 0 bridgehead atoms. The number of para-hydroxylation sites is 1. The lowest BCUT2D eigenvalue weighted by Gasteiger charge is -2.13. The normalized spacial score (nSPS) is 17.8. The molecule has 1 aliphatic rings. The number of ketones is 1. The Kier molecular flexibility index (Phi) is 4.12. The molecule has 0 spiro atoms. The average Bonchev–Trinajstić information content (AvgIpc) is 2.67. The number of Topliss-reactive ketones (excluding diaryl/α,β-unsaturated/α-hetero) is 1. The molecule has 4 nitrogen and oxygen atoms in total. The van der Waals surface area contributed by atoms with Crippen molar-refractivity contribution in [3.05, 3.63) is 42.0 Å². The fourth-order valence-corrected chi connectivity index (χ4v) is 1.98. The Labute approximate surface area is 113 Å². The summed E-state index contributed by atoms with van der Waals surface area (Å²) >= 11 is 0. The second-order valence-electron chi connectivity index (χ2n) is 4.83. The zero-order valence-corrected chi connectivity index (χ0v) is 11.2. The third kappa shape index (κ3) is 3.09. The van der Waals surface area contributed by atoms with Gasteiger partial charge in [0.25, 0.3) is 5.91 Å². The van der Waals surface area contributed by atoms with E-state index in [4.69, 9.17) is 0 Å². The standard InChI is InChI=1S/C15H18N2O2/c1-11(2)16-9-8-13-14(18)10-17(15(13)19)12-6-4-3-5-7-12/h3-8,11,16H,9-10H2,1-2H3. The first-order chi connectivity index (χ1) is 9.09. The molecule has 1 saturated heterocycles. The lowest BCUT2D eigenvalue weighted by molar-refractivity contribution is -0.116. The zero-order chi connectivity index (χ0) is 13.8. The Hall–Kier alpha value is -1.94. The van der Waals surface area contributed by atoms with Gasteiger partial charge in [0.05, 0.1) is 12.1 Å². The molecule has 0 aliphatic carbocycles. The Morgan fingerprint density at radius 2 is 1.95 bits per heavy atom. The first-order valence-electron chi connectivity index (χ1n) is 6.43. The van der Waals surface area contributed by atoms with Gasteiger partial charge in [0.2, 0.25) is 0 Å². The number of benzene rings is 1. The largest absolute Gasteiger partial charge is 0.311 e. The second-order valence-corrected chi connectivity index (χ2v) is 4.83. The third-order valence-electron chi connectivity index (χ3n) is 2.98. The van der Waals surface area contributed by atoms with E-state index >= 15 is 0 Å². The van der Waals surface area contributed by atoms with Gasteiger partial charge in [0.1, 0.15) is 0 Å². The van der Waals surface area contributed by atoms with Gasteiger partial charge in [-0.1, -0.05) is 38.1 Å². The van der Waals surface area contributed by atoms with E-state index in [1.807, 2.05) is 44.2 Å². The van der Waals surface area contributed by atoms with E-state index in [2.05, 4.69) is 5.32 Å². The van der Waals surface area contributed by atoms with E-state index in [1.54, 1.807) is 6.08 Å². The molecule has 2 rings (SSSR count). The van der Waals surface area contributed by atoms with Crippen LogP contribution < -0.4 is 10.2 Å². The molecule has 1 aliphatic heterocycles. The van der Waals surface area contributed by atoms with Crippen molar-refractivity contribution in [3.63, 3.8) is 0 Å². The van der Waals surface area contributed by atoms with Crippen LogP contribution in [0.1, 0.15) is 13.8 Å². The Balaban J connectivity index is 2.13. The summed E-state index contributed by atoms with van der Waals surface area (Å²) in [7, 11) is 0. The van der Waals surface area contributed by atoms with E-state index < -0.39 is 0 Å². The second kappa shape index (κ2) is 5.80. The highest BCUT2D eigenvalue weighted by molar-refractivity contribution is 6.31. The van der Waals surface area contributed by atoms with Crippen molar-refractivity contribution in [2.75, 3.05) is 18.0 Å². The van der Waals surface area contributed by atoms with Crippen LogP contribution in [0.4, 0.5) is 5.69 Å². The predicted molar refractivity (Wildman–Crippen MR) is 75.0 cm³/mol. The van der Waals surface area contributed by atoms with Crippen molar-refractivity contribution in [2.45, 2.75) is 19.9 Å². The molecule has 0 aromatic heterocycles. The van der Waals surface area contributed by atoms with Gasteiger partial charge in [0.15, 0.2) is 5.78 Å². The first-order valence-corrected chi connectivity index (χ1v) is 6.43. The lowest BCUT2D eigenvalue weighted by atomic mass is 10.2. The summed E-state index contributed by atoms with van der Waals surface area (Å²) < 4.78 is 0. The summed E-state index contributed by atoms with van der Waals surface area (Å²) in [5.74, 6) is -0.318. The molecule has 1 N–H and O–H groups in total. The van der Waals surface area contributed by atoms with Crippen molar-refractivity contribution in [1.29, 1.82) is 0 Å². The van der Waals surface area contributed by atoms with Crippen molar-refractivity contribution in [1.82, 2.24) is 5.32 Å². The van der Waals surface area contributed by atoms with Gasteiger partial charge >= 0.3 is 0 Å². The molecule has 19 heavy (non-hydrogen) atoms. The smallest absolute Gasteiger partial charge is 0.262 e. The number of carbonyl (C=O) groups excluding carboxylic acids is 2. The molecular formula is C15H18N2O2. The van der Waals surface area contributed by atoms with E-state index in [0.717, 1.165) is 5.69 Å². The number of anilines is 1. The molecular weight excluding hydrogens is 240 g/mol. The van der Waals surface area contributed by atoms with Crippen LogP contribution in [-0.4, -0.2) is 30.8 Å². The minimum absolute atomic E-state index is 0.112. The molecule has 1 aromatic rings. The fourth-order valence-electron chi connectivity index (χ4n) is 1.98. The van der Waals surface area contributed by atoms with Crippen molar-refractivity contribution in [3.8, 4) is 0 Å². The number of rotatable bonds is 4. The number of hydrogen-bond donors (Lipinski definition) is 1. The molecule has 0 radical (unpaired) electrons. The summed E-state index contributed by atoms with van der Waals surface area (Å²) in [6.07, 6.45) is 1.69. The van der Waals surface area contributed by atoms with E-state index in [1.165, 1.54) is 4.90 Å². The van der Waals surface area contributed by atoms with Crippen LogP contribution in [0.3, 0.4) is 0 Å². The Morgan fingerprint density at radius 1 is 1.26 bits per heavy atom. The third-order valence-corrected chi connectivity index (χ3v) is 2.98. The predicted octanol–water partition coefficient (Wildman–Crippen LogP) is 1.53. The number of nitrogens with zero attached hydrogens (tertiary/aromatic N) is 1. The summed E-state index contributed by atoms with van der Waals surface area (Å²) in [6.45, 7) is 4.71. The lowest BCUT2D eigenvalue weighted by Crippen LogP contribution is -2.25. The summed E-state index contributed by atoms with van der Waals surface area (Å²) in [4.78, 5) is 25.6. The summed E-state index contributed by atoms with van der Waals surface area (Å²) in [6, 6.07) is 9.59. The number of carbonyl (C=O) groups is 2. The Morgan fingerprint density at radius 3 is 2.58 bits per heavy atom. The molecule has 1 fully saturated rings. The minimum atomic E-state index is -0.207. The zero-order valence-electron chi connectivity index (χ0n) is 11.2. The van der Waals surface area contributed by atoms with Gasteiger partial charge < -0.3 is 10.2 Å². The molecule has 0 atom stereocenters. The van der Waals surface area contributed by atoms with Gasteiger partial charge in [-0.25, -0.2) is 0 Å². The van der Waals surface area contributed by atoms with Crippen molar-refractivity contribution >= 4 is 17.4 Å². The summed E-state index contributed by atoms with van der Waals surface area (Å²) in [5.41, 5.74) is 1.05. The van der Waals surface area contributed by atoms with Crippen molar-refractivity contribution < 1.29 is 9.59 Å². The quantitative estimate of drug-likeness (QED) is 0.658.